The number of carbonyl (C=O) groups excluding carboxylic acids is 1. The van der Waals surface area contributed by atoms with Crippen LogP contribution >= 0.6 is 0 Å². The highest BCUT2D eigenvalue weighted by atomic mass is 16.5. The molecule has 0 unspecified atom stereocenters. The van der Waals surface area contributed by atoms with Gasteiger partial charge in [0.15, 0.2) is 0 Å². The molecule has 0 bridgehead atoms. The van der Waals surface area contributed by atoms with E-state index in [1.54, 1.807) is 18.1 Å². The minimum atomic E-state index is -0.0478. The Hall–Kier alpha value is -3.45. The van der Waals surface area contributed by atoms with Gasteiger partial charge in [0.1, 0.15) is 17.9 Å². The zero-order chi connectivity index (χ0) is 21.6. The van der Waals surface area contributed by atoms with Gasteiger partial charge >= 0.3 is 0 Å². The first kappa shape index (κ1) is 20.8. The monoisotopic (exact) mass is 417 g/mol. The maximum atomic E-state index is 12.6. The maximum Gasteiger partial charge on any atom is 0.224 e. The van der Waals surface area contributed by atoms with Crippen molar-refractivity contribution in [3.8, 4) is 11.4 Å². The highest BCUT2D eigenvalue weighted by molar-refractivity contribution is 5.93. The van der Waals surface area contributed by atoms with Crippen LogP contribution in [-0.4, -0.2) is 40.9 Å². The van der Waals surface area contributed by atoms with Gasteiger partial charge in [0.05, 0.1) is 18.5 Å². The van der Waals surface area contributed by atoms with Gasteiger partial charge in [-0.2, -0.15) is 5.10 Å². The quantitative estimate of drug-likeness (QED) is 0.615. The highest BCUT2D eigenvalue weighted by Gasteiger charge is 2.13. The van der Waals surface area contributed by atoms with Crippen molar-refractivity contribution in [3.63, 3.8) is 0 Å². The molecule has 2 heterocycles. The first-order valence-electron chi connectivity index (χ1n) is 10.5. The second kappa shape index (κ2) is 9.57. The third kappa shape index (κ3) is 5.00. The fourth-order valence-corrected chi connectivity index (χ4v) is 3.74. The molecule has 160 valence electrons. The number of carbonyl (C=O) groups is 1. The fourth-order valence-electron chi connectivity index (χ4n) is 3.74. The van der Waals surface area contributed by atoms with E-state index in [0.29, 0.717) is 24.4 Å². The summed E-state index contributed by atoms with van der Waals surface area (Å²) in [6.07, 6.45) is 5.85. The van der Waals surface area contributed by atoms with Crippen molar-refractivity contribution in [2.24, 2.45) is 0 Å². The van der Waals surface area contributed by atoms with Gasteiger partial charge in [0.25, 0.3) is 0 Å². The molecule has 0 aliphatic carbocycles. The molecule has 1 aliphatic rings. The molecule has 0 radical (unpaired) electrons. The van der Waals surface area contributed by atoms with Crippen molar-refractivity contribution in [1.82, 2.24) is 20.1 Å². The van der Waals surface area contributed by atoms with Crippen LogP contribution < -0.4 is 15.4 Å². The Bertz CT molecular complexity index is 1100. The molecule has 2 N–H and O–H groups in total. The predicted octanol–water partition coefficient (Wildman–Crippen LogP) is 3.53. The molecule has 1 aliphatic heterocycles. The SMILES string of the molecule is COc1cc(CCC(=O)Nc2ccccc2-n2cnc(C)n2)ccc1C1=CCNCC1. The number of hydrogen-bond acceptors (Lipinski definition) is 5. The summed E-state index contributed by atoms with van der Waals surface area (Å²) >= 11 is 0. The molecule has 7 nitrogen and oxygen atoms in total. The van der Waals surface area contributed by atoms with E-state index in [1.807, 2.05) is 37.3 Å². The first-order valence-corrected chi connectivity index (χ1v) is 10.5. The van der Waals surface area contributed by atoms with Crippen LogP contribution in [0.4, 0.5) is 5.69 Å². The van der Waals surface area contributed by atoms with Crippen molar-refractivity contribution in [1.29, 1.82) is 0 Å². The molecule has 0 saturated heterocycles. The summed E-state index contributed by atoms with van der Waals surface area (Å²) in [5.74, 6) is 1.49. The third-order valence-electron chi connectivity index (χ3n) is 5.35. The topological polar surface area (TPSA) is 81.1 Å². The fraction of sp³-hybridized carbons (Fsp3) is 0.292. The molecule has 0 atom stereocenters. The van der Waals surface area contributed by atoms with Gasteiger partial charge in [-0.15, -0.1) is 0 Å². The van der Waals surface area contributed by atoms with E-state index in [1.165, 1.54) is 5.57 Å². The Morgan fingerprint density at radius 3 is 2.87 bits per heavy atom. The van der Waals surface area contributed by atoms with Gasteiger partial charge in [-0.3, -0.25) is 4.79 Å². The first-order chi connectivity index (χ1) is 15.1. The Morgan fingerprint density at radius 1 is 1.26 bits per heavy atom. The average molecular weight is 418 g/mol. The van der Waals surface area contributed by atoms with Gasteiger partial charge < -0.3 is 15.4 Å². The molecule has 0 fully saturated rings. The zero-order valence-electron chi connectivity index (χ0n) is 17.9. The molecule has 2 aromatic carbocycles. The van der Waals surface area contributed by atoms with Crippen LogP contribution in [0.1, 0.15) is 29.8 Å². The number of nitrogens with one attached hydrogen (secondary N) is 2. The number of benzene rings is 2. The smallest absolute Gasteiger partial charge is 0.224 e. The maximum absolute atomic E-state index is 12.6. The lowest BCUT2D eigenvalue weighted by Gasteiger charge is -2.17. The normalized spacial score (nSPS) is 13.5. The number of aryl methyl sites for hydroxylation is 2. The summed E-state index contributed by atoms with van der Waals surface area (Å²) in [5, 5.41) is 10.7. The van der Waals surface area contributed by atoms with Crippen LogP contribution in [0, 0.1) is 6.92 Å². The van der Waals surface area contributed by atoms with Crippen molar-refractivity contribution in [2.75, 3.05) is 25.5 Å². The van der Waals surface area contributed by atoms with Crippen LogP contribution in [0.5, 0.6) is 5.75 Å². The van der Waals surface area contributed by atoms with E-state index in [-0.39, 0.29) is 5.91 Å². The Labute approximate surface area is 182 Å². The van der Waals surface area contributed by atoms with Crippen LogP contribution in [0.25, 0.3) is 11.3 Å². The van der Waals surface area contributed by atoms with Gasteiger partial charge in [-0.25, -0.2) is 9.67 Å². The lowest BCUT2D eigenvalue weighted by Crippen LogP contribution is -2.20. The van der Waals surface area contributed by atoms with Crippen molar-refractivity contribution in [3.05, 3.63) is 71.8 Å². The summed E-state index contributed by atoms with van der Waals surface area (Å²) in [5.41, 5.74) is 5.01. The highest BCUT2D eigenvalue weighted by Crippen LogP contribution is 2.30. The molecule has 7 heteroatoms. The number of amides is 1. The summed E-state index contributed by atoms with van der Waals surface area (Å²) < 4.78 is 7.30. The largest absolute Gasteiger partial charge is 0.496 e. The van der Waals surface area contributed by atoms with E-state index in [4.69, 9.17) is 4.74 Å². The molecule has 3 aromatic rings. The van der Waals surface area contributed by atoms with Gasteiger partial charge in [0.2, 0.25) is 5.91 Å². The number of anilines is 1. The number of aromatic nitrogens is 3. The lowest BCUT2D eigenvalue weighted by atomic mass is 9.97. The number of para-hydroxylation sites is 2. The lowest BCUT2D eigenvalue weighted by molar-refractivity contribution is -0.116. The summed E-state index contributed by atoms with van der Waals surface area (Å²) in [6.45, 7) is 3.70. The van der Waals surface area contributed by atoms with E-state index >= 15 is 0 Å². The molecule has 1 aromatic heterocycles. The summed E-state index contributed by atoms with van der Waals surface area (Å²) in [6, 6.07) is 13.8. The molecular formula is C24H27N5O2. The van der Waals surface area contributed by atoms with Gasteiger partial charge in [0, 0.05) is 18.5 Å². The second-order valence-electron chi connectivity index (χ2n) is 7.52. The number of ether oxygens (including phenoxy) is 1. The number of nitrogens with zero attached hydrogens (tertiary/aromatic N) is 3. The minimum Gasteiger partial charge on any atom is -0.496 e. The standard InChI is InChI=1S/C24H27N5O2/c1-17-26-16-29(28-17)22-6-4-3-5-21(22)27-24(30)10-8-18-7-9-20(23(15-18)31-2)19-11-13-25-14-12-19/h3-7,9,11,15-16,25H,8,10,12-14H2,1-2H3,(H,27,30). The molecule has 0 spiro atoms. The minimum absolute atomic E-state index is 0.0478. The zero-order valence-corrected chi connectivity index (χ0v) is 17.9. The van der Waals surface area contributed by atoms with E-state index in [9.17, 15) is 4.79 Å². The summed E-state index contributed by atoms with van der Waals surface area (Å²) in [4.78, 5) is 16.8. The van der Waals surface area contributed by atoms with Gasteiger partial charge in [-0.05, 0) is 55.6 Å². The molecule has 4 rings (SSSR count). The van der Waals surface area contributed by atoms with Crippen molar-refractivity contribution >= 4 is 17.2 Å². The molecule has 0 saturated carbocycles. The number of rotatable bonds is 7. The van der Waals surface area contributed by atoms with Crippen LogP contribution in [0.15, 0.2) is 54.9 Å². The third-order valence-corrected chi connectivity index (χ3v) is 5.35. The Morgan fingerprint density at radius 2 is 2.13 bits per heavy atom. The molecule has 31 heavy (non-hydrogen) atoms. The Balaban J connectivity index is 1.42. The number of methoxy groups -OCH3 is 1. The molecular weight excluding hydrogens is 390 g/mol. The average Bonchev–Trinajstić information content (AvgIpc) is 3.24. The van der Waals surface area contributed by atoms with E-state index < -0.39 is 0 Å². The molecule has 1 amide bonds. The van der Waals surface area contributed by atoms with Crippen LogP contribution in [0.3, 0.4) is 0 Å². The van der Waals surface area contributed by atoms with E-state index in [2.05, 4.69) is 38.9 Å². The van der Waals surface area contributed by atoms with Gasteiger partial charge in [-0.1, -0.05) is 30.3 Å². The number of hydrogen-bond donors (Lipinski definition) is 2. The van der Waals surface area contributed by atoms with Crippen molar-refractivity contribution in [2.45, 2.75) is 26.2 Å². The van der Waals surface area contributed by atoms with E-state index in [0.717, 1.165) is 42.1 Å². The van der Waals surface area contributed by atoms with Crippen molar-refractivity contribution < 1.29 is 9.53 Å². The Kier molecular flexibility index (Phi) is 6.43. The predicted molar refractivity (Wildman–Crippen MR) is 122 cm³/mol. The van der Waals surface area contributed by atoms with Crippen LogP contribution in [-0.2, 0) is 11.2 Å². The van der Waals surface area contributed by atoms with Crippen LogP contribution in [0.2, 0.25) is 0 Å². The second-order valence-corrected chi connectivity index (χ2v) is 7.52. The summed E-state index contributed by atoms with van der Waals surface area (Å²) in [7, 11) is 1.69.